The fourth-order valence-corrected chi connectivity index (χ4v) is 2.76. The van der Waals surface area contributed by atoms with E-state index in [-0.39, 0.29) is 12.0 Å². The van der Waals surface area contributed by atoms with Gasteiger partial charge in [-0.25, -0.2) is 0 Å². The summed E-state index contributed by atoms with van der Waals surface area (Å²) < 4.78 is 5.99. The van der Waals surface area contributed by atoms with Crippen LogP contribution in [0.4, 0.5) is 11.4 Å². The van der Waals surface area contributed by atoms with E-state index in [1.165, 1.54) is 12.5 Å². The minimum absolute atomic E-state index is 0.0497. The molecule has 0 bridgehead atoms. The number of nitrogens with zero attached hydrogens (tertiary/aromatic N) is 1. The Morgan fingerprint density at radius 3 is 2.83 bits per heavy atom. The molecule has 1 heterocycles. The Labute approximate surface area is 136 Å². The molecule has 0 aliphatic carbocycles. The number of benzene rings is 2. The summed E-state index contributed by atoms with van der Waals surface area (Å²) in [5, 5.41) is 2.83. The zero-order chi connectivity index (χ0) is 16.2. The molecule has 1 amide bonds. The lowest BCUT2D eigenvalue weighted by Gasteiger charge is -2.36. The van der Waals surface area contributed by atoms with Crippen LogP contribution in [0.3, 0.4) is 0 Å². The van der Waals surface area contributed by atoms with Gasteiger partial charge in [0.05, 0.1) is 18.8 Å². The number of fused-ring (bicyclic) bond motifs is 1. The molecule has 5 heteroatoms. The number of ether oxygens (including phenoxy) is 1. The molecule has 3 rings (SSSR count). The van der Waals surface area contributed by atoms with E-state index in [1.54, 1.807) is 0 Å². The second-order valence-electron chi connectivity index (χ2n) is 5.77. The van der Waals surface area contributed by atoms with Crippen LogP contribution in [0, 0.1) is 0 Å². The van der Waals surface area contributed by atoms with Gasteiger partial charge >= 0.3 is 0 Å². The highest BCUT2D eigenvalue weighted by Crippen LogP contribution is 2.35. The molecule has 120 valence electrons. The molecule has 0 unspecified atom stereocenters. The van der Waals surface area contributed by atoms with E-state index in [4.69, 9.17) is 10.5 Å². The van der Waals surface area contributed by atoms with E-state index >= 15 is 0 Å². The van der Waals surface area contributed by atoms with E-state index in [0.717, 1.165) is 18.0 Å². The van der Waals surface area contributed by atoms with Crippen LogP contribution in [0.2, 0.25) is 0 Å². The normalized spacial score (nSPS) is 16.4. The van der Waals surface area contributed by atoms with Crippen molar-refractivity contribution >= 4 is 17.3 Å². The van der Waals surface area contributed by atoms with Gasteiger partial charge in [0, 0.05) is 19.2 Å². The van der Waals surface area contributed by atoms with Crippen LogP contribution in [-0.2, 0) is 11.3 Å². The van der Waals surface area contributed by atoms with Crippen LogP contribution in [0.25, 0.3) is 0 Å². The van der Waals surface area contributed by atoms with Crippen molar-refractivity contribution in [3.05, 3.63) is 54.1 Å². The number of anilines is 2. The second-order valence-corrected chi connectivity index (χ2v) is 5.77. The molecule has 2 aromatic rings. The van der Waals surface area contributed by atoms with Gasteiger partial charge < -0.3 is 20.7 Å². The van der Waals surface area contributed by atoms with Gasteiger partial charge in [-0.15, -0.1) is 0 Å². The van der Waals surface area contributed by atoms with Crippen LogP contribution in [-0.4, -0.2) is 25.1 Å². The Bertz CT molecular complexity index is 688. The fourth-order valence-electron chi connectivity index (χ4n) is 2.76. The monoisotopic (exact) mass is 311 g/mol. The van der Waals surface area contributed by atoms with Crippen molar-refractivity contribution in [2.45, 2.75) is 19.6 Å². The number of carbonyl (C=O) groups excluding carboxylic acids is 1. The highest BCUT2D eigenvalue weighted by molar-refractivity contribution is 5.73. The van der Waals surface area contributed by atoms with Gasteiger partial charge in [-0.2, -0.15) is 0 Å². The standard InChI is InChI=1S/C18H21N3O2/c1-13(22)20-10-16-12-21(11-14-5-3-2-4-6-14)17-9-15(19)7-8-18(17)23-16/h2-9,16H,10-12,19H2,1H3,(H,20,22)/t16-/m0/s1. The molecule has 0 saturated carbocycles. The summed E-state index contributed by atoms with van der Waals surface area (Å²) in [5.41, 5.74) is 8.86. The highest BCUT2D eigenvalue weighted by atomic mass is 16.5. The third kappa shape index (κ3) is 3.74. The molecule has 1 aliphatic heterocycles. The number of rotatable bonds is 4. The lowest BCUT2D eigenvalue weighted by Crippen LogP contribution is -2.45. The number of nitrogens with two attached hydrogens (primary N) is 1. The van der Waals surface area contributed by atoms with Gasteiger partial charge in [0.25, 0.3) is 0 Å². The average molecular weight is 311 g/mol. The lowest BCUT2D eigenvalue weighted by molar-refractivity contribution is -0.119. The number of hydrogen-bond acceptors (Lipinski definition) is 4. The van der Waals surface area contributed by atoms with Crippen LogP contribution in [0.1, 0.15) is 12.5 Å². The van der Waals surface area contributed by atoms with E-state index in [1.807, 2.05) is 36.4 Å². The van der Waals surface area contributed by atoms with Crippen LogP contribution in [0.15, 0.2) is 48.5 Å². The molecular formula is C18H21N3O2. The number of carbonyl (C=O) groups is 1. The minimum Gasteiger partial charge on any atom is -0.485 e. The van der Waals surface area contributed by atoms with Gasteiger partial charge in [-0.1, -0.05) is 30.3 Å². The number of nitrogens with one attached hydrogen (secondary N) is 1. The molecule has 0 aromatic heterocycles. The molecule has 1 aliphatic rings. The van der Waals surface area contributed by atoms with Gasteiger partial charge in [-0.05, 0) is 23.8 Å². The third-order valence-corrected chi connectivity index (χ3v) is 3.84. The SMILES string of the molecule is CC(=O)NC[C@H]1CN(Cc2ccccc2)c2cc(N)ccc2O1. The molecular weight excluding hydrogens is 290 g/mol. The Morgan fingerprint density at radius 2 is 2.09 bits per heavy atom. The molecule has 0 spiro atoms. The highest BCUT2D eigenvalue weighted by Gasteiger charge is 2.26. The minimum atomic E-state index is -0.0845. The topological polar surface area (TPSA) is 67.6 Å². The first-order valence-electron chi connectivity index (χ1n) is 7.71. The smallest absolute Gasteiger partial charge is 0.217 e. The largest absolute Gasteiger partial charge is 0.485 e. The Hall–Kier alpha value is -2.69. The molecule has 23 heavy (non-hydrogen) atoms. The molecule has 2 aromatic carbocycles. The van der Waals surface area contributed by atoms with Crippen molar-refractivity contribution in [2.75, 3.05) is 23.7 Å². The van der Waals surface area contributed by atoms with Gasteiger partial charge in [0.1, 0.15) is 11.9 Å². The first-order valence-corrected chi connectivity index (χ1v) is 7.71. The summed E-state index contributed by atoms with van der Waals surface area (Å²) in [6, 6.07) is 15.9. The summed E-state index contributed by atoms with van der Waals surface area (Å²) in [6.07, 6.45) is -0.0845. The molecule has 1 atom stereocenters. The van der Waals surface area contributed by atoms with Gasteiger partial charge in [-0.3, -0.25) is 4.79 Å². The number of hydrogen-bond donors (Lipinski definition) is 2. The molecule has 5 nitrogen and oxygen atoms in total. The van der Waals surface area contributed by atoms with Crippen molar-refractivity contribution in [1.29, 1.82) is 0 Å². The van der Waals surface area contributed by atoms with Crippen LogP contribution in [0.5, 0.6) is 5.75 Å². The number of amides is 1. The van der Waals surface area contributed by atoms with E-state index in [2.05, 4.69) is 22.3 Å². The van der Waals surface area contributed by atoms with E-state index < -0.39 is 0 Å². The summed E-state index contributed by atoms with van der Waals surface area (Å²) in [6.45, 7) is 3.48. The predicted molar refractivity (Wildman–Crippen MR) is 91.4 cm³/mol. The second kappa shape index (κ2) is 6.60. The fraction of sp³-hybridized carbons (Fsp3) is 0.278. The van der Waals surface area contributed by atoms with Crippen molar-refractivity contribution in [1.82, 2.24) is 5.32 Å². The summed E-state index contributed by atoms with van der Waals surface area (Å²) >= 11 is 0. The zero-order valence-electron chi connectivity index (χ0n) is 13.2. The molecule has 0 radical (unpaired) electrons. The summed E-state index contributed by atoms with van der Waals surface area (Å²) in [4.78, 5) is 13.4. The summed E-state index contributed by atoms with van der Waals surface area (Å²) in [7, 11) is 0. The Balaban J connectivity index is 1.83. The maximum absolute atomic E-state index is 11.2. The first-order chi connectivity index (χ1) is 11.1. The molecule has 0 fully saturated rings. The number of nitrogen functional groups attached to an aromatic ring is 1. The lowest BCUT2D eigenvalue weighted by atomic mass is 10.1. The maximum Gasteiger partial charge on any atom is 0.217 e. The van der Waals surface area contributed by atoms with Crippen LogP contribution >= 0.6 is 0 Å². The maximum atomic E-state index is 11.2. The zero-order valence-corrected chi connectivity index (χ0v) is 13.2. The van der Waals surface area contributed by atoms with Gasteiger partial charge in [0.15, 0.2) is 0 Å². The van der Waals surface area contributed by atoms with Crippen molar-refractivity contribution in [2.24, 2.45) is 0 Å². The predicted octanol–water partition coefficient (Wildman–Crippen LogP) is 2.17. The third-order valence-electron chi connectivity index (χ3n) is 3.84. The quantitative estimate of drug-likeness (QED) is 0.849. The van der Waals surface area contributed by atoms with E-state index in [9.17, 15) is 4.79 Å². The summed E-state index contributed by atoms with van der Waals surface area (Å²) in [5.74, 6) is 0.753. The van der Waals surface area contributed by atoms with Crippen molar-refractivity contribution in [3.8, 4) is 5.75 Å². The Morgan fingerprint density at radius 1 is 1.30 bits per heavy atom. The Kier molecular flexibility index (Phi) is 4.37. The van der Waals surface area contributed by atoms with Crippen molar-refractivity contribution in [3.63, 3.8) is 0 Å². The molecule has 0 saturated heterocycles. The van der Waals surface area contributed by atoms with Crippen LogP contribution < -0.4 is 20.7 Å². The van der Waals surface area contributed by atoms with Crippen molar-refractivity contribution < 1.29 is 9.53 Å². The average Bonchev–Trinajstić information content (AvgIpc) is 2.54. The van der Waals surface area contributed by atoms with E-state index in [0.29, 0.717) is 18.8 Å². The molecule has 3 N–H and O–H groups in total. The first kappa shape index (κ1) is 15.2. The van der Waals surface area contributed by atoms with Gasteiger partial charge in [0.2, 0.25) is 5.91 Å².